The third-order valence-electron chi connectivity index (χ3n) is 4.87. The quantitative estimate of drug-likeness (QED) is 0.630. The summed E-state index contributed by atoms with van der Waals surface area (Å²) >= 11 is 0. The number of hydrogen-bond acceptors (Lipinski definition) is 4. The summed E-state index contributed by atoms with van der Waals surface area (Å²) in [6.07, 6.45) is 1.29. The van der Waals surface area contributed by atoms with E-state index in [0.29, 0.717) is 35.9 Å². The Labute approximate surface area is 162 Å². The zero-order valence-corrected chi connectivity index (χ0v) is 15.7. The molecule has 4 rings (SSSR count). The topological polar surface area (TPSA) is 48.0 Å². The van der Waals surface area contributed by atoms with Gasteiger partial charge in [-0.25, -0.2) is 4.39 Å². The molecule has 1 heterocycles. The van der Waals surface area contributed by atoms with Gasteiger partial charge in [0.05, 0.1) is 14.2 Å². The van der Waals surface area contributed by atoms with E-state index in [1.807, 2.05) is 18.2 Å². The first-order valence-corrected chi connectivity index (χ1v) is 9.03. The van der Waals surface area contributed by atoms with Crippen molar-refractivity contribution in [2.24, 2.45) is 0 Å². The third-order valence-corrected chi connectivity index (χ3v) is 4.87. The first-order valence-electron chi connectivity index (χ1n) is 9.03. The minimum absolute atomic E-state index is 0.0168. The van der Waals surface area contributed by atoms with E-state index in [9.17, 15) is 9.18 Å². The van der Waals surface area contributed by atoms with E-state index in [1.54, 1.807) is 43.4 Å². The van der Waals surface area contributed by atoms with Crippen molar-refractivity contribution in [3.05, 3.63) is 54.3 Å². The highest BCUT2D eigenvalue weighted by molar-refractivity contribution is 5.95. The highest BCUT2D eigenvalue weighted by atomic mass is 19.1. The molecule has 0 aromatic heterocycles. The number of anilines is 1. The molecule has 0 unspecified atom stereocenters. The first kappa shape index (κ1) is 18.1. The molecule has 0 aliphatic carbocycles. The summed E-state index contributed by atoms with van der Waals surface area (Å²) in [6.45, 7) is 0.615. The summed E-state index contributed by atoms with van der Waals surface area (Å²) in [4.78, 5) is 13.5. The molecule has 0 spiro atoms. The second kappa shape index (κ2) is 7.38. The van der Waals surface area contributed by atoms with Gasteiger partial charge in [-0.05, 0) is 42.1 Å². The van der Waals surface area contributed by atoms with Crippen LogP contribution in [-0.2, 0) is 4.79 Å². The maximum Gasteiger partial charge on any atom is 0.227 e. The standard InChI is InChI=1S/C22H20FNO4/c1-26-20-11-14-5-3-6-18(16(14)13-21(20)27-2)28-19-9-8-15(12-17(19)23)24-10-4-7-22(24)25/h3,5-6,8-9,11-13H,4,7,10H2,1-2H3. The fourth-order valence-corrected chi connectivity index (χ4v) is 3.44. The highest BCUT2D eigenvalue weighted by Crippen LogP contribution is 2.38. The van der Waals surface area contributed by atoms with E-state index >= 15 is 0 Å². The second-order valence-electron chi connectivity index (χ2n) is 6.55. The fourth-order valence-electron chi connectivity index (χ4n) is 3.44. The van der Waals surface area contributed by atoms with E-state index in [2.05, 4.69) is 0 Å². The smallest absolute Gasteiger partial charge is 0.227 e. The fraction of sp³-hybridized carbons (Fsp3) is 0.227. The Morgan fingerprint density at radius 2 is 1.71 bits per heavy atom. The van der Waals surface area contributed by atoms with Crippen LogP contribution in [-0.4, -0.2) is 26.7 Å². The lowest BCUT2D eigenvalue weighted by Gasteiger charge is -2.17. The predicted molar refractivity (Wildman–Crippen MR) is 105 cm³/mol. The molecule has 1 fully saturated rings. The number of halogens is 1. The number of benzene rings is 3. The minimum Gasteiger partial charge on any atom is -0.493 e. The van der Waals surface area contributed by atoms with Crippen molar-refractivity contribution in [2.45, 2.75) is 12.8 Å². The number of ether oxygens (including phenoxy) is 3. The number of methoxy groups -OCH3 is 2. The van der Waals surface area contributed by atoms with E-state index in [1.165, 1.54) is 6.07 Å². The molecule has 1 amide bonds. The molecule has 0 bridgehead atoms. The SMILES string of the molecule is COc1cc2cccc(Oc3ccc(N4CCCC4=O)cc3F)c2cc1OC. The molecule has 0 radical (unpaired) electrons. The lowest BCUT2D eigenvalue weighted by atomic mass is 10.1. The van der Waals surface area contributed by atoms with Crippen LogP contribution in [0.2, 0.25) is 0 Å². The van der Waals surface area contributed by atoms with Crippen LogP contribution in [0.1, 0.15) is 12.8 Å². The molecular weight excluding hydrogens is 361 g/mol. The van der Waals surface area contributed by atoms with E-state index in [-0.39, 0.29) is 11.7 Å². The molecule has 1 aliphatic heterocycles. The Kier molecular flexibility index (Phi) is 4.77. The van der Waals surface area contributed by atoms with Crippen molar-refractivity contribution in [3.8, 4) is 23.0 Å². The molecule has 28 heavy (non-hydrogen) atoms. The zero-order valence-electron chi connectivity index (χ0n) is 15.7. The molecule has 1 aliphatic rings. The average molecular weight is 381 g/mol. The van der Waals surface area contributed by atoms with Gasteiger partial charge < -0.3 is 19.1 Å². The molecule has 0 atom stereocenters. The van der Waals surface area contributed by atoms with Gasteiger partial charge in [0.15, 0.2) is 23.1 Å². The summed E-state index contributed by atoms with van der Waals surface area (Å²) in [7, 11) is 3.14. The van der Waals surface area contributed by atoms with Gasteiger partial charge >= 0.3 is 0 Å². The van der Waals surface area contributed by atoms with Crippen LogP contribution in [0.25, 0.3) is 10.8 Å². The van der Waals surface area contributed by atoms with Crippen LogP contribution in [0.15, 0.2) is 48.5 Å². The van der Waals surface area contributed by atoms with Gasteiger partial charge in [-0.2, -0.15) is 0 Å². The normalized spacial score (nSPS) is 13.8. The number of hydrogen-bond donors (Lipinski definition) is 0. The van der Waals surface area contributed by atoms with Crippen molar-refractivity contribution < 1.29 is 23.4 Å². The zero-order chi connectivity index (χ0) is 19.7. The first-order chi connectivity index (χ1) is 13.6. The highest BCUT2D eigenvalue weighted by Gasteiger charge is 2.23. The number of fused-ring (bicyclic) bond motifs is 1. The number of carbonyl (C=O) groups excluding carboxylic acids is 1. The van der Waals surface area contributed by atoms with Crippen LogP contribution >= 0.6 is 0 Å². The Bertz CT molecular complexity index is 1050. The van der Waals surface area contributed by atoms with Gasteiger partial charge in [-0.3, -0.25) is 4.79 Å². The van der Waals surface area contributed by atoms with Crippen LogP contribution < -0.4 is 19.1 Å². The van der Waals surface area contributed by atoms with Crippen molar-refractivity contribution >= 4 is 22.4 Å². The molecule has 0 saturated carbocycles. The van der Waals surface area contributed by atoms with E-state index in [0.717, 1.165) is 17.2 Å². The van der Waals surface area contributed by atoms with E-state index in [4.69, 9.17) is 14.2 Å². The maximum absolute atomic E-state index is 14.7. The van der Waals surface area contributed by atoms with Gasteiger partial charge in [-0.15, -0.1) is 0 Å². The molecule has 6 heteroatoms. The van der Waals surface area contributed by atoms with Gasteiger partial charge in [0, 0.05) is 30.1 Å². The van der Waals surface area contributed by atoms with Gasteiger partial charge in [-0.1, -0.05) is 12.1 Å². The summed E-state index contributed by atoms with van der Waals surface area (Å²) in [5, 5.41) is 1.66. The molecule has 1 saturated heterocycles. The Morgan fingerprint density at radius 1 is 0.929 bits per heavy atom. The van der Waals surface area contributed by atoms with E-state index < -0.39 is 5.82 Å². The third kappa shape index (κ3) is 3.22. The summed E-state index contributed by atoms with van der Waals surface area (Å²) in [5.74, 6) is 1.27. The Morgan fingerprint density at radius 3 is 2.39 bits per heavy atom. The number of carbonyl (C=O) groups is 1. The van der Waals surface area contributed by atoms with Crippen LogP contribution in [0, 0.1) is 5.82 Å². The van der Waals surface area contributed by atoms with Gasteiger partial charge in [0.1, 0.15) is 5.75 Å². The summed E-state index contributed by atoms with van der Waals surface area (Å²) < 4.78 is 31.2. The van der Waals surface area contributed by atoms with Crippen LogP contribution in [0.3, 0.4) is 0 Å². The maximum atomic E-state index is 14.7. The largest absolute Gasteiger partial charge is 0.493 e. The Hall–Kier alpha value is -3.28. The number of amides is 1. The lowest BCUT2D eigenvalue weighted by molar-refractivity contribution is -0.117. The second-order valence-corrected chi connectivity index (χ2v) is 6.55. The monoisotopic (exact) mass is 381 g/mol. The van der Waals surface area contributed by atoms with Crippen molar-refractivity contribution in [3.63, 3.8) is 0 Å². The molecule has 0 N–H and O–H groups in total. The number of nitrogens with zero attached hydrogens (tertiary/aromatic N) is 1. The molecule has 144 valence electrons. The molecular formula is C22H20FNO4. The van der Waals surface area contributed by atoms with Crippen LogP contribution in [0.4, 0.5) is 10.1 Å². The van der Waals surface area contributed by atoms with Crippen molar-refractivity contribution in [1.82, 2.24) is 0 Å². The van der Waals surface area contributed by atoms with Crippen molar-refractivity contribution in [2.75, 3.05) is 25.7 Å². The minimum atomic E-state index is -0.519. The van der Waals surface area contributed by atoms with Gasteiger partial charge in [0.2, 0.25) is 5.91 Å². The summed E-state index contributed by atoms with van der Waals surface area (Å²) in [5.41, 5.74) is 0.552. The predicted octanol–water partition coefficient (Wildman–Crippen LogP) is 4.92. The molecule has 3 aromatic rings. The van der Waals surface area contributed by atoms with Gasteiger partial charge in [0.25, 0.3) is 0 Å². The lowest BCUT2D eigenvalue weighted by Crippen LogP contribution is -2.23. The van der Waals surface area contributed by atoms with Crippen molar-refractivity contribution in [1.29, 1.82) is 0 Å². The van der Waals surface area contributed by atoms with Crippen LogP contribution in [0.5, 0.6) is 23.0 Å². The Balaban J connectivity index is 1.69. The molecule has 3 aromatic carbocycles. The average Bonchev–Trinajstić information content (AvgIpc) is 3.14. The number of rotatable bonds is 5. The summed E-state index contributed by atoms with van der Waals surface area (Å²) in [6, 6.07) is 13.8. The molecule has 5 nitrogen and oxygen atoms in total.